The first kappa shape index (κ1) is 16.9. The summed E-state index contributed by atoms with van der Waals surface area (Å²) in [4.78, 5) is 1.04. The van der Waals surface area contributed by atoms with Crippen molar-refractivity contribution < 1.29 is 4.74 Å². The summed E-state index contributed by atoms with van der Waals surface area (Å²) < 4.78 is 5.57. The summed E-state index contributed by atoms with van der Waals surface area (Å²) in [5.41, 5.74) is 1.64. The van der Waals surface area contributed by atoms with Crippen molar-refractivity contribution in [1.29, 1.82) is 5.26 Å². The van der Waals surface area contributed by atoms with Crippen LogP contribution in [0.15, 0.2) is 23.1 Å². The SMILES string of the molecule is CCSc1cccc(NCCOCCC(C)C)c1C#N. The number of benzene rings is 1. The third-order valence-corrected chi connectivity index (χ3v) is 3.78. The molecule has 0 atom stereocenters. The molecule has 0 aliphatic heterocycles. The highest BCUT2D eigenvalue weighted by molar-refractivity contribution is 7.99. The van der Waals surface area contributed by atoms with Gasteiger partial charge >= 0.3 is 0 Å². The van der Waals surface area contributed by atoms with E-state index in [4.69, 9.17) is 4.74 Å². The fourth-order valence-corrected chi connectivity index (χ4v) is 2.53. The van der Waals surface area contributed by atoms with Crippen LogP contribution in [0.4, 0.5) is 5.69 Å². The molecule has 0 amide bonds. The molecule has 20 heavy (non-hydrogen) atoms. The number of rotatable bonds is 9. The molecule has 4 heteroatoms. The van der Waals surface area contributed by atoms with E-state index in [0.717, 1.165) is 41.5 Å². The van der Waals surface area contributed by atoms with E-state index in [-0.39, 0.29) is 0 Å². The number of nitriles is 1. The summed E-state index contributed by atoms with van der Waals surface area (Å²) in [5.74, 6) is 1.65. The molecule has 0 aliphatic rings. The number of ether oxygens (including phenoxy) is 1. The number of hydrogen-bond donors (Lipinski definition) is 1. The van der Waals surface area contributed by atoms with Crippen molar-refractivity contribution in [2.24, 2.45) is 5.92 Å². The summed E-state index contributed by atoms with van der Waals surface area (Å²) in [6.07, 6.45) is 1.09. The van der Waals surface area contributed by atoms with Crippen LogP contribution in [0, 0.1) is 17.2 Å². The van der Waals surface area contributed by atoms with Crippen molar-refractivity contribution in [3.63, 3.8) is 0 Å². The van der Waals surface area contributed by atoms with Gasteiger partial charge in [-0.25, -0.2) is 0 Å². The third kappa shape index (κ3) is 5.85. The van der Waals surface area contributed by atoms with Gasteiger partial charge in [0, 0.05) is 18.0 Å². The molecular formula is C16H24N2OS. The number of anilines is 1. The summed E-state index contributed by atoms with van der Waals surface area (Å²) in [6.45, 7) is 8.68. The lowest BCUT2D eigenvalue weighted by Crippen LogP contribution is -2.11. The third-order valence-electron chi connectivity index (χ3n) is 2.84. The Labute approximate surface area is 126 Å². The van der Waals surface area contributed by atoms with Gasteiger partial charge in [0.25, 0.3) is 0 Å². The maximum Gasteiger partial charge on any atom is 0.102 e. The lowest BCUT2D eigenvalue weighted by Gasteiger charge is -2.11. The molecule has 0 fully saturated rings. The molecule has 0 saturated carbocycles. The van der Waals surface area contributed by atoms with Crippen molar-refractivity contribution in [1.82, 2.24) is 0 Å². The van der Waals surface area contributed by atoms with E-state index in [0.29, 0.717) is 12.5 Å². The van der Waals surface area contributed by atoms with E-state index in [9.17, 15) is 5.26 Å². The van der Waals surface area contributed by atoms with Gasteiger partial charge in [-0.15, -0.1) is 11.8 Å². The van der Waals surface area contributed by atoms with Gasteiger partial charge in [-0.05, 0) is 30.2 Å². The predicted octanol–water partition coefficient (Wildman–Crippen LogP) is 4.14. The highest BCUT2D eigenvalue weighted by Gasteiger charge is 2.07. The Kier molecular flexibility index (Phi) is 8.17. The van der Waals surface area contributed by atoms with Crippen LogP contribution in [0.1, 0.15) is 32.8 Å². The maximum atomic E-state index is 9.29. The zero-order chi connectivity index (χ0) is 14.8. The smallest absolute Gasteiger partial charge is 0.102 e. The van der Waals surface area contributed by atoms with Crippen molar-refractivity contribution in [2.75, 3.05) is 30.8 Å². The van der Waals surface area contributed by atoms with Crippen LogP contribution in [0.2, 0.25) is 0 Å². The van der Waals surface area contributed by atoms with Crippen LogP contribution in [-0.2, 0) is 4.74 Å². The van der Waals surface area contributed by atoms with Gasteiger partial charge < -0.3 is 10.1 Å². The molecule has 3 nitrogen and oxygen atoms in total. The molecule has 110 valence electrons. The number of thioether (sulfide) groups is 1. The normalized spacial score (nSPS) is 10.6. The fourth-order valence-electron chi connectivity index (χ4n) is 1.75. The summed E-state index contributed by atoms with van der Waals surface area (Å²) in [7, 11) is 0. The molecule has 0 bridgehead atoms. The lowest BCUT2D eigenvalue weighted by atomic mass is 10.1. The van der Waals surface area contributed by atoms with Gasteiger partial charge in [0.15, 0.2) is 0 Å². The molecule has 1 aromatic carbocycles. The minimum absolute atomic E-state index is 0.669. The monoisotopic (exact) mass is 292 g/mol. The Bertz CT molecular complexity index is 441. The van der Waals surface area contributed by atoms with Gasteiger partial charge in [0.2, 0.25) is 0 Å². The second kappa shape index (κ2) is 9.68. The van der Waals surface area contributed by atoms with Gasteiger partial charge in [0.05, 0.1) is 17.9 Å². The summed E-state index contributed by atoms with van der Waals surface area (Å²) in [5, 5.41) is 12.6. The van der Waals surface area contributed by atoms with Gasteiger partial charge in [-0.2, -0.15) is 5.26 Å². The van der Waals surface area contributed by atoms with E-state index < -0.39 is 0 Å². The van der Waals surface area contributed by atoms with Crippen LogP contribution < -0.4 is 5.32 Å². The average Bonchev–Trinajstić information content (AvgIpc) is 2.43. The number of hydrogen-bond acceptors (Lipinski definition) is 4. The first-order valence-electron chi connectivity index (χ1n) is 7.16. The van der Waals surface area contributed by atoms with E-state index in [1.807, 2.05) is 18.2 Å². The quantitative estimate of drug-likeness (QED) is 0.548. The predicted molar refractivity (Wildman–Crippen MR) is 86.3 cm³/mol. The molecule has 1 aromatic rings. The molecule has 0 heterocycles. The Morgan fingerprint density at radius 2 is 2.15 bits per heavy atom. The summed E-state index contributed by atoms with van der Waals surface area (Å²) >= 11 is 1.70. The van der Waals surface area contributed by atoms with Crippen LogP contribution >= 0.6 is 11.8 Å². The van der Waals surface area contributed by atoms with Crippen molar-refractivity contribution >= 4 is 17.4 Å². The second-order valence-electron chi connectivity index (χ2n) is 4.95. The molecule has 0 aliphatic carbocycles. The zero-order valence-electron chi connectivity index (χ0n) is 12.6. The zero-order valence-corrected chi connectivity index (χ0v) is 13.4. The van der Waals surface area contributed by atoms with Gasteiger partial charge in [-0.1, -0.05) is 26.8 Å². The highest BCUT2D eigenvalue weighted by atomic mass is 32.2. The topological polar surface area (TPSA) is 45.0 Å². The Balaban J connectivity index is 2.44. The van der Waals surface area contributed by atoms with Crippen molar-refractivity contribution in [2.45, 2.75) is 32.1 Å². The van der Waals surface area contributed by atoms with E-state index in [1.165, 1.54) is 0 Å². The molecule has 0 radical (unpaired) electrons. The van der Waals surface area contributed by atoms with E-state index in [1.54, 1.807) is 11.8 Å². The molecule has 1 rings (SSSR count). The molecule has 0 unspecified atom stereocenters. The molecule has 0 aromatic heterocycles. The first-order chi connectivity index (χ1) is 9.69. The van der Waals surface area contributed by atoms with Crippen molar-refractivity contribution in [3.8, 4) is 6.07 Å². The molecule has 1 N–H and O–H groups in total. The van der Waals surface area contributed by atoms with Crippen LogP contribution in [0.5, 0.6) is 0 Å². The van der Waals surface area contributed by atoms with Gasteiger partial charge in [0.1, 0.15) is 6.07 Å². The van der Waals surface area contributed by atoms with E-state index in [2.05, 4.69) is 32.2 Å². The molecular weight excluding hydrogens is 268 g/mol. The molecule has 0 spiro atoms. The number of nitrogens with zero attached hydrogens (tertiary/aromatic N) is 1. The van der Waals surface area contributed by atoms with Crippen LogP contribution in [0.25, 0.3) is 0 Å². The fraction of sp³-hybridized carbons (Fsp3) is 0.562. The Hall–Kier alpha value is -1.18. The van der Waals surface area contributed by atoms with Crippen LogP contribution in [-0.4, -0.2) is 25.5 Å². The molecule has 0 saturated heterocycles. The highest BCUT2D eigenvalue weighted by Crippen LogP contribution is 2.27. The average molecular weight is 292 g/mol. The van der Waals surface area contributed by atoms with Crippen molar-refractivity contribution in [3.05, 3.63) is 23.8 Å². The minimum Gasteiger partial charge on any atom is -0.382 e. The van der Waals surface area contributed by atoms with Gasteiger partial charge in [-0.3, -0.25) is 0 Å². The second-order valence-corrected chi connectivity index (χ2v) is 6.25. The minimum atomic E-state index is 0.669. The standard InChI is InChI=1S/C16H24N2OS/c1-4-20-16-7-5-6-15(14(16)12-17)18-9-11-19-10-8-13(2)3/h5-7,13,18H,4,8-11H2,1-3H3. The number of nitrogens with one attached hydrogen (secondary N) is 1. The Morgan fingerprint density at radius 3 is 2.80 bits per heavy atom. The van der Waals surface area contributed by atoms with Crippen LogP contribution in [0.3, 0.4) is 0 Å². The lowest BCUT2D eigenvalue weighted by molar-refractivity contribution is 0.132. The Morgan fingerprint density at radius 1 is 1.35 bits per heavy atom. The summed E-state index contributed by atoms with van der Waals surface area (Å²) in [6, 6.07) is 8.23. The van der Waals surface area contributed by atoms with E-state index >= 15 is 0 Å². The maximum absolute atomic E-state index is 9.29. The first-order valence-corrected chi connectivity index (χ1v) is 8.15. The largest absolute Gasteiger partial charge is 0.382 e.